The van der Waals surface area contributed by atoms with Crippen molar-refractivity contribution in [1.29, 1.82) is 0 Å². The van der Waals surface area contributed by atoms with Gasteiger partial charge in [-0.25, -0.2) is 4.98 Å². The summed E-state index contributed by atoms with van der Waals surface area (Å²) in [5.41, 5.74) is 0.828. The molecule has 2 aromatic rings. The molecule has 1 aliphatic carbocycles. The molecule has 1 aliphatic heterocycles. The van der Waals surface area contributed by atoms with E-state index in [9.17, 15) is 9.59 Å². The summed E-state index contributed by atoms with van der Waals surface area (Å²) in [6.07, 6.45) is 8.17. The molecule has 28 heavy (non-hydrogen) atoms. The highest BCUT2D eigenvalue weighted by atomic mass is 16.5. The number of ether oxygens (including phenoxy) is 1. The van der Waals surface area contributed by atoms with Crippen molar-refractivity contribution in [3.63, 3.8) is 0 Å². The Morgan fingerprint density at radius 2 is 2.18 bits per heavy atom. The fourth-order valence-corrected chi connectivity index (χ4v) is 3.75. The molecule has 2 atom stereocenters. The molecule has 2 aliphatic rings. The number of morpholine rings is 1. The van der Waals surface area contributed by atoms with Gasteiger partial charge in [0.25, 0.3) is 5.91 Å². The zero-order chi connectivity index (χ0) is 19.7. The molecule has 0 radical (unpaired) electrons. The van der Waals surface area contributed by atoms with Crippen LogP contribution in [0.25, 0.3) is 0 Å². The number of nitrogens with zero attached hydrogens (tertiary/aromatic N) is 5. The molecule has 4 rings (SSSR count). The Morgan fingerprint density at radius 3 is 2.79 bits per heavy atom. The third kappa shape index (κ3) is 3.52. The summed E-state index contributed by atoms with van der Waals surface area (Å²) in [7, 11) is 1.91. The number of hydrogen-bond donors (Lipinski definition) is 0. The monoisotopic (exact) mass is 383 g/mol. The molecular formula is C20H25N5O3. The van der Waals surface area contributed by atoms with Gasteiger partial charge < -0.3 is 19.1 Å². The molecule has 2 amide bonds. The highest BCUT2D eigenvalue weighted by molar-refractivity contribution is 5.86. The van der Waals surface area contributed by atoms with E-state index in [2.05, 4.69) is 9.97 Å². The number of aromatic nitrogens is 3. The number of imidazole rings is 1. The van der Waals surface area contributed by atoms with Gasteiger partial charge in [0.2, 0.25) is 5.91 Å². The highest BCUT2D eigenvalue weighted by Crippen LogP contribution is 2.39. The molecular weight excluding hydrogens is 358 g/mol. The first-order valence-corrected chi connectivity index (χ1v) is 9.67. The second-order valence-electron chi connectivity index (χ2n) is 7.30. The molecule has 0 N–H and O–H groups in total. The molecule has 0 aromatic carbocycles. The number of rotatable bonds is 6. The molecule has 1 saturated heterocycles. The Morgan fingerprint density at radius 1 is 1.36 bits per heavy atom. The maximum absolute atomic E-state index is 13.5. The van der Waals surface area contributed by atoms with Crippen molar-refractivity contribution in [1.82, 2.24) is 24.3 Å². The topological polar surface area (TPSA) is 80.6 Å². The van der Waals surface area contributed by atoms with Gasteiger partial charge in [-0.2, -0.15) is 0 Å². The second kappa shape index (κ2) is 7.71. The van der Waals surface area contributed by atoms with Crippen molar-refractivity contribution >= 4 is 11.8 Å². The van der Waals surface area contributed by atoms with Crippen LogP contribution in [0.4, 0.5) is 0 Å². The first kappa shape index (κ1) is 18.6. The molecule has 3 heterocycles. The van der Waals surface area contributed by atoms with Crippen LogP contribution < -0.4 is 0 Å². The number of likely N-dealkylation sites (N-methyl/N-ethyl adjacent to an activating group) is 1. The molecule has 0 unspecified atom stereocenters. The van der Waals surface area contributed by atoms with Crippen LogP contribution in [0.1, 0.15) is 37.2 Å². The maximum Gasteiger partial charge on any atom is 0.254 e. The molecule has 0 bridgehead atoms. The van der Waals surface area contributed by atoms with Crippen LogP contribution in [0.3, 0.4) is 0 Å². The van der Waals surface area contributed by atoms with Gasteiger partial charge >= 0.3 is 0 Å². The predicted octanol–water partition coefficient (Wildman–Crippen LogP) is 1.29. The Labute approximate surface area is 164 Å². The van der Waals surface area contributed by atoms with Crippen molar-refractivity contribution in [3.05, 3.63) is 48.3 Å². The van der Waals surface area contributed by atoms with Crippen LogP contribution in [-0.4, -0.2) is 61.4 Å². The van der Waals surface area contributed by atoms with E-state index in [1.54, 1.807) is 23.5 Å². The van der Waals surface area contributed by atoms with E-state index < -0.39 is 12.1 Å². The van der Waals surface area contributed by atoms with Crippen LogP contribution in [0.2, 0.25) is 0 Å². The summed E-state index contributed by atoms with van der Waals surface area (Å²) in [5.74, 6) is 0.615. The zero-order valence-electron chi connectivity index (χ0n) is 16.2. The Kier molecular flexibility index (Phi) is 5.13. The fraction of sp³-hybridized carbons (Fsp3) is 0.500. The molecule has 8 nitrogen and oxygen atoms in total. The van der Waals surface area contributed by atoms with Crippen LogP contribution >= 0.6 is 0 Å². The smallest absolute Gasteiger partial charge is 0.254 e. The number of hydrogen-bond acceptors (Lipinski definition) is 5. The highest BCUT2D eigenvalue weighted by Gasteiger charge is 2.48. The van der Waals surface area contributed by atoms with Gasteiger partial charge in [-0.05, 0) is 31.4 Å². The molecule has 0 spiro atoms. The third-order valence-corrected chi connectivity index (χ3v) is 5.42. The summed E-state index contributed by atoms with van der Waals surface area (Å²) >= 11 is 0. The average molecular weight is 383 g/mol. The molecule has 148 valence electrons. The average Bonchev–Trinajstić information content (AvgIpc) is 3.47. The second-order valence-corrected chi connectivity index (χ2v) is 7.30. The lowest BCUT2D eigenvalue weighted by molar-refractivity contribution is -0.170. The zero-order valence-corrected chi connectivity index (χ0v) is 16.2. The van der Waals surface area contributed by atoms with Crippen LogP contribution in [0, 0.1) is 0 Å². The van der Waals surface area contributed by atoms with Crippen molar-refractivity contribution in [2.24, 2.45) is 7.05 Å². The van der Waals surface area contributed by atoms with Gasteiger partial charge in [-0.15, -0.1) is 0 Å². The lowest BCUT2D eigenvalue weighted by atomic mass is 9.97. The summed E-state index contributed by atoms with van der Waals surface area (Å²) in [4.78, 5) is 38.2. The Hall–Kier alpha value is -2.74. The molecule has 1 saturated carbocycles. The fourth-order valence-electron chi connectivity index (χ4n) is 3.75. The summed E-state index contributed by atoms with van der Waals surface area (Å²) in [6.45, 7) is 2.80. The molecule has 2 fully saturated rings. The summed E-state index contributed by atoms with van der Waals surface area (Å²) in [5, 5.41) is 0. The first-order chi connectivity index (χ1) is 13.6. The normalized spacial score (nSPS) is 22.4. The van der Waals surface area contributed by atoms with E-state index in [1.807, 2.05) is 41.8 Å². The van der Waals surface area contributed by atoms with Crippen molar-refractivity contribution in [2.75, 3.05) is 13.2 Å². The van der Waals surface area contributed by atoms with Crippen LogP contribution in [-0.2, 0) is 27.9 Å². The predicted molar refractivity (Wildman–Crippen MR) is 101 cm³/mol. The number of carbonyl (C=O) groups excluding carboxylic acids is 2. The Balaban J connectivity index is 1.64. The molecule has 2 aromatic heterocycles. The van der Waals surface area contributed by atoms with Gasteiger partial charge in [-0.3, -0.25) is 14.6 Å². The largest absolute Gasteiger partial charge is 0.356 e. The molecule has 8 heteroatoms. The quantitative estimate of drug-likeness (QED) is 0.751. The van der Waals surface area contributed by atoms with E-state index in [4.69, 9.17) is 4.74 Å². The lowest BCUT2D eigenvalue weighted by Crippen LogP contribution is -2.55. The number of aryl methyl sites for hydroxylation is 1. The van der Waals surface area contributed by atoms with Crippen LogP contribution in [0.5, 0.6) is 0 Å². The summed E-state index contributed by atoms with van der Waals surface area (Å²) < 4.78 is 7.72. The summed E-state index contributed by atoms with van der Waals surface area (Å²) in [6, 6.07) is 3.46. The van der Waals surface area contributed by atoms with Crippen LogP contribution in [0.15, 0.2) is 36.9 Å². The maximum atomic E-state index is 13.5. The minimum absolute atomic E-state index is 0.0625. The number of carbonyl (C=O) groups is 2. The minimum Gasteiger partial charge on any atom is -0.356 e. The van der Waals surface area contributed by atoms with E-state index in [-0.39, 0.29) is 24.5 Å². The van der Waals surface area contributed by atoms with E-state index in [0.29, 0.717) is 13.1 Å². The van der Waals surface area contributed by atoms with Gasteiger partial charge in [0.1, 0.15) is 12.4 Å². The minimum atomic E-state index is -0.747. The third-order valence-electron chi connectivity index (χ3n) is 5.42. The van der Waals surface area contributed by atoms with Crippen molar-refractivity contribution in [3.8, 4) is 0 Å². The SMILES string of the molecule is CCN(Cc1nccn1C)C(=O)[C@H]1OCC(=O)N(C2CC2)[C@@H]1c1cccnc1. The van der Waals surface area contributed by atoms with Crippen molar-refractivity contribution in [2.45, 2.75) is 44.5 Å². The van der Waals surface area contributed by atoms with E-state index in [1.165, 1.54) is 0 Å². The van der Waals surface area contributed by atoms with E-state index in [0.717, 1.165) is 24.2 Å². The van der Waals surface area contributed by atoms with Crippen molar-refractivity contribution < 1.29 is 14.3 Å². The standard InChI is InChI=1S/C20H25N5O3/c1-3-24(12-16-22-9-10-23(16)2)20(27)19-18(14-5-4-8-21-11-14)25(15-6-7-15)17(26)13-28-19/h4-5,8-11,15,18-19H,3,6-7,12-13H2,1-2H3/t18-,19+/m1/s1. The lowest BCUT2D eigenvalue weighted by Gasteiger charge is -2.42. The number of amides is 2. The van der Waals surface area contributed by atoms with E-state index >= 15 is 0 Å². The number of pyridine rings is 1. The van der Waals surface area contributed by atoms with Gasteiger partial charge in [0, 0.05) is 44.4 Å². The first-order valence-electron chi connectivity index (χ1n) is 9.67. The van der Waals surface area contributed by atoms with Gasteiger partial charge in [0.15, 0.2) is 6.10 Å². The van der Waals surface area contributed by atoms with Gasteiger partial charge in [-0.1, -0.05) is 6.07 Å². The Bertz CT molecular complexity index is 849. The van der Waals surface area contributed by atoms with Gasteiger partial charge in [0.05, 0.1) is 12.6 Å².